The zero-order chi connectivity index (χ0) is 18.9. The van der Waals surface area contributed by atoms with Crippen molar-refractivity contribution < 1.29 is 14.3 Å². The number of rotatable bonds is 4. The normalized spacial score (nSPS) is 18.4. The first kappa shape index (κ1) is 17.6. The second-order valence-electron chi connectivity index (χ2n) is 8.21. The maximum Gasteiger partial charge on any atom is 0.227 e. The van der Waals surface area contributed by atoms with Gasteiger partial charge in [0, 0.05) is 42.6 Å². The lowest BCUT2D eigenvalue weighted by Gasteiger charge is -2.32. The summed E-state index contributed by atoms with van der Waals surface area (Å²) in [5, 5.41) is 0. The molecule has 28 heavy (non-hydrogen) atoms. The number of carbonyl (C=O) groups excluding carboxylic acids is 1. The van der Waals surface area contributed by atoms with E-state index in [1.54, 1.807) is 0 Å². The molecule has 0 radical (unpaired) electrons. The van der Waals surface area contributed by atoms with Crippen molar-refractivity contribution >= 4 is 5.91 Å². The molecule has 4 heteroatoms. The van der Waals surface area contributed by atoms with Crippen LogP contribution in [0.3, 0.4) is 0 Å². The van der Waals surface area contributed by atoms with Gasteiger partial charge in [0.25, 0.3) is 0 Å². The van der Waals surface area contributed by atoms with Gasteiger partial charge in [0.1, 0.15) is 11.5 Å². The van der Waals surface area contributed by atoms with Gasteiger partial charge in [-0.05, 0) is 36.8 Å². The molecule has 1 amide bonds. The second-order valence-corrected chi connectivity index (χ2v) is 8.21. The SMILES string of the molecule is O=C(Cc1c2c(cc3c1OCC3)OCC2)N1CCC(Cc2ccccc2)CC1. The van der Waals surface area contributed by atoms with Crippen LogP contribution in [0.15, 0.2) is 36.4 Å². The first-order valence-electron chi connectivity index (χ1n) is 10.5. The van der Waals surface area contributed by atoms with Crippen LogP contribution in [-0.2, 0) is 30.5 Å². The highest BCUT2D eigenvalue weighted by Gasteiger charge is 2.30. The lowest BCUT2D eigenvalue weighted by atomic mass is 9.89. The highest BCUT2D eigenvalue weighted by Crippen LogP contribution is 2.41. The van der Waals surface area contributed by atoms with Crippen LogP contribution in [-0.4, -0.2) is 37.1 Å². The summed E-state index contributed by atoms with van der Waals surface area (Å²) >= 11 is 0. The Bertz CT molecular complexity index is 837. The van der Waals surface area contributed by atoms with E-state index in [-0.39, 0.29) is 5.91 Å². The van der Waals surface area contributed by atoms with Crippen LogP contribution in [0.5, 0.6) is 11.5 Å². The van der Waals surface area contributed by atoms with Gasteiger partial charge in [-0.3, -0.25) is 4.79 Å². The number of fused-ring (bicyclic) bond motifs is 2. The fourth-order valence-electron chi connectivity index (χ4n) is 4.87. The molecule has 0 atom stereocenters. The minimum atomic E-state index is 0.233. The Morgan fingerprint density at radius 1 is 1.04 bits per heavy atom. The van der Waals surface area contributed by atoms with Gasteiger partial charge in [-0.25, -0.2) is 0 Å². The van der Waals surface area contributed by atoms with Crippen molar-refractivity contribution in [3.8, 4) is 11.5 Å². The Hall–Kier alpha value is -2.49. The Kier molecular flexibility index (Phi) is 4.71. The Morgan fingerprint density at radius 2 is 1.82 bits per heavy atom. The van der Waals surface area contributed by atoms with Gasteiger partial charge in [-0.1, -0.05) is 30.3 Å². The van der Waals surface area contributed by atoms with Gasteiger partial charge >= 0.3 is 0 Å². The van der Waals surface area contributed by atoms with E-state index in [1.165, 1.54) is 16.7 Å². The molecule has 3 aliphatic heterocycles. The number of benzene rings is 2. The van der Waals surface area contributed by atoms with E-state index < -0.39 is 0 Å². The van der Waals surface area contributed by atoms with Crippen LogP contribution >= 0.6 is 0 Å². The third kappa shape index (κ3) is 3.36. The molecule has 2 aromatic rings. The molecule has 3 heterocycles. The smallest absolute Gasteiger partial charge is 0.227 e. The molecule has 1 saturated heterocycles. The summed E-state index contributed by atoms with van der Waals surface area (Å²) < 4.78 is 11.7. The third-order valence-corrected chi connectivity index (χ3v) is 6.42. The number of hydrogen-bond acceptors (Lipinski definition) is 3. The summed E-state index contributed by atoms with van der Waals surface area (Å²) in [5.41, 5.74) is 4.87. The van der Waals surface area contributed by atoms with E-state index in [0.717, 1.165) is 62.3 Å². The van der Waals surface area contributed by atoms with Crippen molar-refractivity contribution in [2.24, 2.45) is 5.92 Å². The highest BCUT2D eigenvalue weighted by molar-refractivity contribution is 5.81. The van der Waals surface area contributed by atoms with E-state index in [1.807, 2.05) is 0 Å². The van der Waals surface area contributed by atoms with E-state index in [4.69, 9.17) is 9.47 Å². The molecule has 4 nitrogen and oxygen atoms in total. The monoisotopic (exact) mass is 377 g/mol. The van der Waals surface area contributed by atoms with Crippen LogP contribution < -0.4 is 9.47 Å². The summed E-state index contributed by atoms with van der Waals surface area (Å²) in [6.07, 6.45) is 5.54. The number of amides is 1. The number of piperidine rings is 1. The summed E-state index contributed by atoms with van der Waals surface area (Å²) in [7, 11) is 0. The van der Waals surface area contributed by atoms with Gasteiger partial charge < -0.3 is 14.4 Å². The van der Waals surface area contributed by atoms with Gasteiger partial charge in [0.15, 0.2) is 0 Å². The van der Waals surface area contributed by atoms with Crippen molar-refractivity contribution in [1.29, 1.82) is 0 Å². The fourth-order valence-corrected chi connectivity index (χ4v) is 4.87. The lowest BCUT2D eigenvalue weighted by Crippen LogP contribution is -2.39. The number of hydrogen-bond donors (Lipinski definition) is 0. The molecule has 3 aliphatic rings. The summed E-state index contributed by atoms with van der Waals surface area (Å²) in [4.78, 5) is 15.1. The topological polar surface area (TPSA) is 38.8 Å². The molecule has 0 aliphatic carbocycles. The van der Waals surface area contributed by atoms with Crippen LogP contribution in [0, 0.1) is 5.92 Å². The van der Waals surface area contributed by atoms with Crippen molar-refractivity contribution in [1.82, 2.24) is 4.90 Å². The highest BCUT2D eigenvalue weighted by atomic mass is 16.5. The van der Waals surface area contributed by atoms with Gasteiger partial charge in [0.05, 0.1) is 19.6 Å². The minimum Gasteiger partial charge on any atom is -0.493 e. The van der Waals surface area contributed by atoms with Crippen LogP contribution in [0.2, 0.25) is 0 Å². The first-order valence-corrected chi connectivity index (χ1v) is 10.5. The van der Waals surface area contributed by atoms with Crippen molar-refractivity contribution in [3.63, 3.8) is 0 Å². The molecule has 0 spiro atoms. The van der Waals surface area contributed by atoms with E-state index >= 15 is 0 Å². The maximum absolute atomic E-state index is 13.1. The minimum absolute atomic E-state index is 0.233. The molecular formula is C24H27NO3. The molecule has 0 saturated carbocycles. The molecule has 0 unspecified atom stereocenters. The Balaban J connectivity index is 1.24. The van der Waals surface area contributed by atoms with Crippen LogP contribution in [0.4, 0.5) is 0 Å². The molecular weight excluding hydrogens is 350 g/mol. The summed E-state index contributed by atoms with van der Waals surface area (Å²) in [6.45, 7) is 3.16. The standard InChI is InChI=1S/C24H27NO3/c26-23(25-10-6-18(7-11-25)14-17-4-2-1-3-5-17)16-21-20-9-13-27-22(20)15-19-8-12-28-24(19)21/h1-5,15,18H,6-14,16H2. The quantitative estimate of drug-likeness (QED) is 0.818. The second kappa shape index (κ2) is 7.50. The van der Waals surface area contributed by atoms with E-state index in [0.29, 0.717) is 25.6 Å². The molecule has 0 N–H and O–H groups in total. The van der Waals surface area contributed by atoms with Gasteiger partial charge in [-0.15, -0.1) is 0 Å². The number of likely N-dealkylation sites (tertiary alicyclic amines) is 1. The molecule has 5 rings (SSSR count). The average molecular weight is 377 g/mol. The van der Waals surface area contributed by atoms with Crippen LogP contribution in [0.25, 0.3) is 0 Å². The van der Waals surface area contributed by atoms with Gasteiger partial charge in [0.2, 0.25) is 5.91 Å². The van der Waals surface area contributed by atoms with E-state index in [9.17, 15) is 4.79 Å². The fraction of sp³-hybridized carbons (Fsp3) is 0.458. The zero-order valence-electron chi connectivity index (χ0n) is 16.3. The summed E-state index contributed by atoms with van der Waals surface area (Å²) in [5.74, 6) is 2.83. The van der Waals surface area contributed by atoms with E-state index in [2.05, 4.69) is 41.3 Å². The largest absolute Gasteiger partial charge is 0.493 e. The first-order chi connectivity index (χ1) is 13.8. The van der Waals surface area contributed by atoms with Crippen molar-refractivity contribution in [2.75, 3.05) is 26.3 Å². The molecule has 1 fully saturated rings. The third-order valence-electron chi connectivity index (χ3n) is 6.42. The molecule has 0 bridgehead atoms. The maximum atomic E-state index is 13.1. The Labute approximate surface area is 166 Å². The lowest BCUT2D eigenvalue weighted by molar-refractivity contribution is -0.131. The molecule has 146 valence electrons. The number of ether oxygens (including phenoxy) is 2. The average Bonchev–Trinajstić information content (AvgIpc) is 3.38. The van der Waals surface area contributed by atoms with Crippen molar-refractivity contribution in [3.05, 3.63) is 58.7 Å². The zero-order valence-corrected chi connectivity index (χ0v) is 16.3. The number of carbonyl (C=O) groups is 1. The summed E-state index contributed by atoms with van der Waals surface area (Å²) in [6, 6.07) is 12.8. The molecule has 2 aromatic carbocycles. The Morgan fingerprint density at radius 3 is 2.64 bits per heavy atom. The molecule has 0 aromatic heterocycles. The predicted octanol–water partition coefficient (Wildman–Crippen LogP) is 3.58. The predicted molar refractivity (Wildman–Crippen MR) is 108 cm³/mol. The van der Waals surface area contributed by atoms with Crippen LogP contribution in [0.1, 0.15) is 35.1 Å². The number of nitrogens with zero attached hydrogens (tertiary/aromatic N) is 1. The van der Waals surface area contributed by atoms with Gasteiger partial charge in [-0.2, -0.15) is 0 Å². The van der Waals surface area contributed by atoms with Crippen molar-refractivity contribution in [2.45, 2.75) is 38.5 Å².